The molecule has 0 spiro atoms. The summed E-state index contributed by atoms with van der Waals surface area (Å²) < 4.78 is 10.7. The number of pyridine rings is 1. The van der Waals surface area contributed by atoms with Crippen LogP contribution in [0.1, 0.15) is 21.0 Å². The lowest BCUT2D eigenvalue weighted by molar-refractivity contribution is 0.0974. The van der Waals surface area contributed by atoms with Crippen LogP contribution in [0.15, 0.2) is 71.5 Å². The SMILES string of the molecule is COc1ccc(-c2ccc(Cc3coc(C(N)=O)c3-c3ccccn3)s2)cc1. The summed E-state index contributed by atoms with van der Waals surface area (Å²) in [5.74, 6) is 0.371. The Morgan fingerprint density at radius 1 is 1.14 bits per heavy atom. The van der Waals surface area contributed by atoms with E-state index in [9.17, 15) is 4.79 Å². The number of furan rings is 1. The monoisotopic (exact) mass is 390 g/mol. The first kappa shape index (κ1) is 18.0. The van der Waals surface area contributed by atoms with Gasteiger partial charge in [0.25, 0.3) is 5.91 Å². The number of primary amides is 1. The molecule has 3 aromatic heterocycles. The number of ether oxygens (including phenoxy) is 1. The van der Waals surface area contributed by atoms with E-state index in [1.807, 2.05) is 42.5 Å². The standard InChI is InChI=1S/C22H18N2O3S/c1-26-16-7-5-14(6-8-16)19-10-9-17(28-19)12-15-13-27-21(22(23)25)20(15)18-4-2-3-11-24-18/h2-11,13H,12H2,1H3,(H2,23,25). The second kappa shape index (κ2) is 7.70. The highest BCUT2D eigenvalue weighted by molar-refractivity contribution is 7.15. The summed E-state index contributed by atoms with van der Waals surface area (Å²) in [7, 11) is 1.66. The minimum Gasteiger partial charge on any atom is -0.497 e. The average molecular weight is 390 g/mol. The van der Waals surface area contributed by atoms with E-state index in [2.05, 4.69) is 17.1 Å². The molecular formula is C22H18N2O3S. The van der Waals surface area contributed by atoms with Gasteiger partial charge in [-0.05, 0) is 54.1 Å². The number of aromatic nitrogens is 1. The first-order chi connectivity index (χ1) is 13.7. The van der Waals surface area contributed by atoms with Gasteiger partial charge in [-0.3, -0.25) is 9.78 Å². The van der Waals surface area contributed by atoms with Crippen LogP contribution in [-0.4, -0.2) is 18.0 Å². The van der Waals surface area contributed by atoms with E-state index < -0.39 is 5.91 Å². The Labute approximate surface area is 166 Å². The molecule has 0 radical (unpaired) electrons. The predicted octanol–water partition coefficient (Wildman–Crippen LogP) is 4.77. The number of benzene rings is 1. The molecule has 0 aliphatic carbocycles. The van der Waals surface area contributed by atoms with E-state index in [1.54, 1.807) is 30.9 Å². The Kier molecular flexibility index (Phi) is 4.95. The third kappa shape index (κ3) is 3.54. The summed E-state index contributed by atoms with van der Waals surface area (Å²) in [6, 6.07) is 17.7. The van der Waals surface area contributed by atoms with Gasteiger partial charge in [0.05, 0.1) is 24.6 Å². The summed E-state index contributed by atoms with van der Waals surface area (Å²) in [5.41, 5.74) is 8.84. The van der Waals surface area contributed by atoms with E-state index in [0.717, 1.165) is 26.6 Å². The summed E-state index contributed by atoms with van der Waals surface area (Å²) >= 11 is 1.70. The Hall–Kier alpha value is -3.38. The van der Waals surface area contributed by atoms with E-state index in [0.29, 0.717) is 17.7 Å². The second-order valence-electron chi connectivity index (χ2n) is 6.22. The van der Waals surface area contributed by atoms with Crippen molar-refractivity contribution in [2.45, 2.75) is 6.42 Å². The number of methoxy groups -OCH3 is 1. The molecule has 0 unspecified atom stereocenters. The third-order valence-corrected chi connectivity index (χ3v) is 5.55. The number of amides is 1. The molecule has 4 aromatic rings. The Balaban J connectivity index is 1.65. The first-order valence-electron chi connectivity index (χ1n) is 8.70. The van der Waals surface area contributed by atoms with Gasteiger partial charge < -0.3 is 14.9 Å². The van der Waals surface area contributed by atoms with Gasteiger partial charge in [0.1, 0.15) is 5.75 Å². The van der Waals surface area contributed by atoms with Crippen molar-refractivity contribution >= 4 is 17.2 Å². The molecule has 1 amide bonds. The number of nitrogens with two attached hydrogens (primary N) is 1. The molecule has 0 atom stereocenters. The summed E-state index contributed by atoms with van der Waals surface area (Å²) in [4.78, 5) is 18.5. The molecule has 0 bridgehead atoms. The third-order valence-electron chi connectivity index (χ3n) is 4.41. The minimum absolute atomic E-state index is 0.139. The molecule has 28 heavy (non-hydrogen) atoms. The normalized spacial score (nSPS) is 10.8. The van der Waals surface area contributed by atoms with Gasteiger partial charge in [-0.1, -0.05) is 6.07 Å². The molecule has 6 heteroatoms. The van der Waals surface area contributed by atoms with Gasteiger partial charge in [0.2, 0.25) is 5.76 Å². The average Bonchev–Trinajstić information content (AvgIpc) is 3.36. The van der Waals surface area contributed by atoms with E-state index in [4.69, 9.17) is 14.9 Å². The van der Waals surface area contributed by atoms with Crippen molar-refractivity contribution in [2.24, 2.45) is 5.73 Å². The first-order valence-corrected chi connectivity index (χ1v) is 9.52. The van der Waals surface area contributed by atoms with E-state index in [1.165, 1.54) is 0 Å². The van der Waals surface area contributed by atoms with Crippen LogP contribution in [0.25, 0.3) is 21.7 Å². The van der Waals surface area contributed by atoms with E-state index in [-0.39, 0.29) is 5.76 Å². The number of hydrogen-bond donors (Lipinski definition) is 1. The Morgan fingerprint density at radius 3 is 2.64 bits per heavy atom. The summed E-state index contributed by atoms with van der Waals surface area (Å²) in [6.45, 7) is 0. The van der Waals surface area contributed by atoms with Crippen molar-refractivity contribution in [3.63, 3.8) is 0 Å². The topological polar surface area (TPSA) is 78.4 Å². The number of carbonyl (C=O) groups is 1. The number of carbonyl (C=O) groups excluding carboxylic acids is 1. The van der Waals surface area contributed by atoms with Gasteiger partial charge >= 0.3 is 0 Å². The largest absolute Gasteiger partial charge is 0.497 e. The molecule has 0 aliphatic heterocycles. The van der Waals surface area contributed by atoms with Crippen LogP contribution < -0.4 is 10.5 Å². The Bertz CT molecular complexity index is 1100. The van der Waals surface area contributed by atoms with Crippen molar-refractivity contribution in [1.29, 1.82) is 0 Å². The summed E-state index contributed by atoms with van der Waals surface area (Å²) in [6.07, 6.45) is 3.91. The predicted molar refractivity (Wildman–Crippen MR) is 110 cm³/mol. The fourth-order valence-corrected chi connectivity index (χ4v) is 4.10. The molecule has 5 nitrogen and oxygen atoms in total. The molecule has 140 valence electrons. The lowest BCUT2D eigenvalue weighted by atomic mass is 10.0. The maximum Gasteiger partial charge on any atom is 0.285 e. The van der Waals surface area contributed by atoms with Gasteiger partial charge in [-0.25, -0.2) is 0 Å². The van der Waals surface area contributed by atoms with Crippen LogP contribution in [0, 0.1) is 0 Å². The molecule has 0 aliphatic rings. The van der Waals surface area contributed by atoms with Crippen molar-refractivity contribution in [2.75, 3.05) is 7.11 Å². The highest BCUT2D eigenvalue weighted by Gasteiger charge is 2.21. The maximum atomic E-state index is 11.8. The zero-order chi connectivity index (χ0) is 19.5. The fourth-order valence-electron chi connectivity index (χ4n) is 3.07. The molecule has 2 N–H and O–H groups in total. The van der Waals surface area contributed by atoms with Crippen molar-refractivity contribution < 1.29 is 13.9 Å². The molecule has 3 heterocycles. The summed E-state index contributed by atoms with van der Waals surface area (Å²) in [5, 5.41) is 0. The maximum absolute atomic E-state index is 11.8. The molecule has 0 saturated heterocycles. The van der Waals surface area contributed by atoms with Crippen LogP contribution in [-0.2, 0) is 6.42 Å². The fraction of sp³-hybridized carbons (Fsp3) is 0.0909. The van der Waals surface area contributed by atoms with E-state index >= 15 is 0 Å². The van der Waals surface area contributed by atoms with Crippen LogP contribution in [0.2, 0.25) is 0 Å². The van der Waals surface area contributed by atoms with Crippen LogP contribution >= 0.6 is 11.3 Å². The lowest BCUT2D eigenvalue weighted by Gasteiger charge is -2.03. The quantitative estimate of drug-likeness (QED) is 0.514. The number of thiophene rings is 1. The lowest BCUT2D eigenvalue weighted by Crippen LogP contribution is -2.11. The zero-order valence-corrected chi connectivity index (χ0v) is 16.0. The molecule has 0 fully saturated rings. The molecular weight excluding hydrogens is 372 g/mol. The zero-order valence-electron chi connectivity index (χ0n) is 15.2. The number of nitrogens with zero attached hydrogens (tertiary/aromatic N) is 1. The van der Waals surface area contributed by atoms with Gasteiger partial charge in [0.15, 0.2) is 0 Å². The number of hydrogen-bond acceptors (Lipinski definition) is 5. The highest BCUT2D eigenvalue weighted by Crippen LogP contribution is 2.34. The van der Waals surface area contributed by atoms with Crippen molar-refractivity contribution in [1.82, 2.24) is 4.98 Å². The molecule has 0 saturated carbocycles. The second-order valence-corrected chi connectivity index (χ2v) is 7.38. The highest BCUT2D eigenvalue weighted by atomic mass is 32.1. The van der Waals surface area contributed by atoms with Crippen molar-refractivity contribution in [3.05, 3.63) is 83.3 Å². The van der Waals surface area contributed by atoms with Gasteiger partial charge in [0, 0.05) is 27.9 Å². The Morgan fingerprint density at radius 2 is 1.96 bits per heavy atom. The molecule has 4 rings (SSSR count). The molecule has 1 aromatic carbocycles. The van der Waals surface area contributed by atoms with Crippen molar-refractivity contribution in [3.8, 4) is 27.4 Å². The van der Waals surface area contributed by atoms with Gasteiger partial charge in [-0.15, -0.1) is 11.3 Å². The van der Waals surface area contributed by atoms with Crippen LogP contribution in [0.5, 0.6) is 5.75 Å². The van der Waals surface area contributed by atoms with Crippen LogP contribution in [0.4, 0.5) is 0 Å². The van der Waals surface area contributed by atoms with Gasteiger partial charge in [-0.2, -0.15) is 0 Å². The number of rotatable bonds is 6. The minimum atomic E-state index is -0.600. The smallest absolute Gasteiger partial charge is 0.285 e. The van der Waals surface area contributed by atoms with Crippen LogP contribution in [0.3, 0.4) is 0 Å².